The van der Waals surface area contributed by atoms with Gasteiger partial charge in [-0.1, -0.05) is 42.5 Å². The second-order valence-corrected chi connectivity index (χ2v) is 5.58. The van der Waals surface area contributed by atoms with E-state index in [9.17, 15) is 4.79 Å². The van der Waals surface area contributed by atoms with E-state index in [2.05, 4.69) is 34.4 Å². The summed E-state index contributed by atoms with van der Waals surface area (Å²) in [6.07, 6.45) is 1.48. The van der Waals surface area contributed by atoms with Gasteiger partial charge in [0.15, 0.2) is 0 Å². The Balaban J connectivity index is 0.00000192. The number of fused-ring (bicyclic) bond motifs is 1. The highest BCUT2D eigenvalue weighted by atomic mass is 35.5. The molecule has 3 rings (SSSR count). The fraction of sp³-hybridized carbons (Fsp3) is 0.333. The van der Waals surface area contributed by atoms with Gasteiger partial charge in [0.2, 0.25) is 5.91 Å². The minimum Gasteiger partial charge on any atom is -0.304 e. The lowest BCUT2D eigenvalue weighted by molar-refractivity contribution is -0.130. The van der Waals surface area contributed by atoms with Crippen LogP contribution in [-0.2, 0) is 11.3 Å². The smallest absolute Gasteiger partial charge is 0.300 e. The normalized spacial score (nSPS) is 16.8. The van der Waals surface area contributed by atoms with Gasteiger partial charge in [0.1, 0.15) is 0 Å². The summed E-state index contributed by atoms with van der Waals surface area (Å²) < 4.78 is 0. The number of hydrogen-bond acceptors (Lipinski definition) is 2. The Hall–Kier alpha value is -2.09. The third-order valence-corrected chi connectivity index (χ3v) is 4.16. The highest BCUT2D eigenvalue weighted by Gasteiger charge is 2.32. The van der Waals surface area contributed by atoms with Gasteiger partial charge < -0.3 is 5.32 Å². The first kappa shape index (κ1) is 17.3. The van der Waals surface area contributed by atoms with Gasteiger partial charge >= 0.3 is 6.17 Å². The van der Waals surface area contributed by atoms with Crippen molar-refractivity contribution in [3.63, 3.8) is 0 Å². The molecule has 0 aromatic heterocycles. The highest BCUT2D eigenvalue weighted by molar-refractivity contribution is 5.86. The molecule has 120 valence electrons. The largest absolute Gasteiger partial charge is 0.304 e. The van der Waals surface area contributed by atoms with Crippen molar-refractivity contribution in [3.8, 4) is 0 Å². The molecule has 0 radical (unpaired) electrons. The van der Waals surface area contributed by atoms with Crippen molar-refractivity contribution < 1.29 is 4.79 Å². The lowest BCUT2D eigenvalue weighted by Crippen LogP contribution is -2.39. The van der Waals surface area contributed by atoms with E-state index in [0.29, 0.717) is 13.1 Å². The van der Waals surface area contributed by atoms with Crippen molar-refractivity contribution in [2.45, 2.75) is 25.6 Å². The van der Waals surface area contributed by atoms with Gasteiger partial charge in [-0.2, -0.15) is 0 Å². The Bertz CT molecular complexity index is 720. The van der Waals surface area contributed by atoms with Crippen molar-refractivity contribution in [2.24, 2.45) is 0 Å². The fourth-order valence-corrected chi connectivity index (χ4v) is 3.03. The molecule has 0 aliphatic carbocycles. The van der Waals surface area contributed by atoms with Gasteiger partial charge in [-0.05, 0) is 22.8 Å². The number of halogens is 1. The second-order valence-electron chi connectivity index (χ2n) is 5.58. The predicted octanol–water partition coefficient (Wildman–Crippen LogP) is 3.22. The van der Waals surface area contributed by atoms with E-state index < -0.39 is 0 Å². The molecule has 1 atom stereocenters. The van der Waals surface area contributed by atoms with Crippen LogP contribution in [0.3, 0.4) is 0 Å². The molecule has 1 aliphatic rings. The van der Waals surface area contributed by atoms with E-state index in [1.807, 2.05) is 18.2 Å². The first-order chi connectivity index (χ1) is 10.8. The molecule has 1 saturated heterocycles. The molecule has 2 aromatic carbocycles. The minimum atomic E-state index is -0.258. The summed E-state index contributed by atoms with van der Waals surface area (Å²) in [7, 11) is 0. The molecule has 1 heterocycles. The van der Waals surface area contributed by atoms with Crippen molar-refractivity contribution in [1.82, 2.24) is 10.2 Å². The maximum atomic E-state index is 12.2. The van der Waals surface area contributed by atoms with Crippen LogP contribution in [0.15, 0.2) is 42.5 Å². The fourth-order valence-electron chi connectivity index (χ4n) is 3.03. The van der Waals surface area contributed by atoms with Gasteiger partial charge in [-0.15, -0.1) is 12.4 Å². The number of nitrogens with zero attached hydrogens (tertiary/aromatic N) is 2. The third-order valence-electron chi connectivity index (χ3n) is 4.16. The van der Waals surface area contributed by atoms with Crippen LogP contribution < -0.4 is 5.32 Å². The summed E-state index contributed by atoms with van der Waals surface area (Å²) in [6.45, 7) is 8.79. The number of amides is 1. The summed E-state index contributed by atoms with van der Waals surface area (Å²) in [4.78, 5) is 17.4. The average molecular weight is 330 g/mol. The van der Waals surface area contributed by atoms with Gasteiger partial charge in [0, 0.05) is 19.5 Å². The van der Waals surface area contributed by atoms with Crippen LogP contribution in [0.1, 0.15) is 18.4 Å². The zero-order valence-electron chi connectivity index (χ0n) is 12.9. The van der Waals surface area contributed by atoms with Crippen LogP contribution in [-0.4, -0.2) is 30.1 Å². The van der Waals surface area contributed by atoms with E-state index in [1.54, 1.807) is 4.90 Å². The van der Waals surface area contributed by atoms with Crippen LogP contribution >= 0.6 is 12.4 Å². The molecule has 23 heavy (non-hydrogen) atoms. The zero-order chi connectivity index (χ0) is 15.4. The van der Waals surface area contributed by atoms with Gasteiger partial charge in [0.05, 0.1) is 6.54 Å². The number of benzene rings is 2. The minimum absolute atomic E-state index is 0. The van der Waals surface area contributed by atoms with Crippen molar-refractivity contribution in [2.75, 3.05) is 13.1 Å². The molecule has 1 fully saturated rings. The summed E-state index contributed by atoms with van der Waals surface area (Å²) in [5, 5.41) is 5.64. The van der Waals surface area contributed by atoms with Crippen LogP contribution in [0.4, 0.5) is 0 Å². The Kier molecular flexibility index (Phi) is 5.97. The lowest BCUT2D eigenvalue weighted by Gasteiger charge is -2.16. The Morgan fingerprint density at radius 1 is 1.26 bits per heavy atom. The van der Waals surface area contributed by atoms with Crippen LogP contribution in [0.25, 0.3) is 15.6 Å². The van der Waals surface area contributed by atoms with Crippen LogP contribution in [0, 0.1) is 6.57 Å². The second kappa shape index (κ2) is 7.96. The van der Waals surface area contributed by atoms with E-state index >= 15 is 0 Å². The molecular formula is C18H20ClN3O. The molecule has 1 amide bonds. The van der Waals surface area contributed by atoms with E-state index in [4.69, 9.17) is 6.57 Å². The number of nitrogens with one attached hydrogen (secondary N) is 1. The quantitative estimate of drug-likeness (QED) is 0.874. The van der Waals surface area contributed by atoms with Crippen LogP contribution in [0.2, 0.25) is 0 Å². The number of carbonyl (C=O) groups is 1. The van der Waals surface area contributed by atoms with Crippen molar-refractivity contribution >= 4 is 29.1 Å². The number of carbonyl (C=O) groups excluding carboxylic acids is 1. The van der Waals surface area contributed by atoms with Gasteiger partial charge in [-0.3, -0.25) is 14.5 Å². The summed E-state index contributed by atoms with van der Waals surface area (Å²) >= 11 is 0. The number of rotatable bonds is 4. The lowest BCUT2D eigenvalue weighted by atomic mass is 10.0. The predicted molar refractivity (Wildman–Crippen MR) is 94.2 cm³/mol. The van der Waals surface area contributed by atoms with Crippen molar-refractivity contribution in [1.29, 1.82) is 0 Å². The SMILES string of the molecule is Cl.[C-]#[N+][C@@H]1CCCN1C(=O)CNCc1cccc2ccccc12. The average Bonchev–Trinajstić information content (AvgIpc) is 3.03. The Labute approximate surface area is 142 Å². The van der Waals surface area contributed by atoms with Crippen LogP contribution in [0.5, 0.6) is 0 Å². The van der Waals surface area contributed by atoms with E-state index in [-0.39, 0.29) is 31.0 Å². The Morgan fingerprint density at radius 2 is 2.04 bits per heavy atom. The molecule has 5 heteroatoms. The zero-order valence-corrected chi connectivity index (χ0v) is 13.7. The first-order valence-corrected chi connectivity index (χ1v) is 7.63. The molecule has 0 spiro atoms. The maximum Gasteiger partial charge on any atom is 0.300 e. The molecule has 1 aliphatic heterocycles. The molecule has 4 nitrogen and oxygen atoms in total. The summed E-state index contributed by atoms with van der Waals surface area (Å²) in [5.74, 6) is 0.0266. The number of hydrogen-bond donors (Lipinski definition) is 1. The van der Waals surface area contributed by atoms with Gasteiger partial charge in [-0.25, -0.2) is 6.57 Å². The molecule has 0 saturated carbocycles. The maximum absolute atomic E-state index is 12.2. The summed E-state index contributed by atoms with van der Waals surface area (Å²) in [5.41, 5.74) is 1.19. The standard InChI is InChI=1S/C18H19N3O.ClH/c1-19-17-10-5-11-21(17)18(22)13-20-12-15-8-4-7-14-6-2-3-9-16(14)15;/h2-4,6-9,17,20H,5,10-13H2;1H/t17-;/m0./s1. The molecule has 0 bridgehead atoms. The van der Waals surface area contributed by atoms with E-state index in [1.165, 1.54) is 16.3 Å². The van der Waals surface area contributed by atoms with Crippen molar-refractivity contribution in [3.05, 3.63) is 59.4 Å². The monoisotopic (exact) mass is 329 g/mol. The molecule has 2 aromatic rings. The Morgan fingerprint density at radius 3 is 2.87 bits per heavy atom. The molecular weight excluding hydrogens is 310 g/mol. The topological polar surface area (TPSA) is 36.7 Å². The molecule has 1 N–H and O–H groups in total. The summed E-state index contributed by atoms with van der Waals surface area (Å²) in [6, 6.07) is 14.5. The third kappa shape index (κ3) is 3.82. The van der Waals surface area contributed by atoms with E-state index in [0.717, 1.165) is 12.8 Å². The highest BCUT2D eigenvalue weighted by Crippen LogP contribution is 2.19. The number of likely N-dealkylation sites (tertiary alicyclic amines) is 1. The van der Waals surface area contributed by atoms with Gasteiger partial charge in [0.25, 0.3) is 0 Å². The molecule has 0 unspecified atom stereocenters. The first-order valence-electron chi connectivity index (χ1n) is 7.63.